The maximum atomic E-state index is 12.2. The lowest BCUT2D eigenvalue weighted by Gasteiger charge is -2.14. The molecule has 1 atom stereocenters. The molecule has 0 spiro atoms. The van der Waals surface area contributed by atoms with Gasteiger partial charge < -0.3 is 19.9 Å². The summed E-state index contributed by atoms with van der Waals surface area (Å²) in [5, 5.41) is 13.3. The largest absolute Gasteiger partial charge is 0.505 e. The van der Waals surface area contributed by atoms with Crippen molar-refractivity contribution < 1.29 is 24.2 Å². The van der Waals surface area contributed by atoms with Crippen LogP contribution in [-0.4, -0.2) is 35.9 Å². The molecule has 7 heteroatoms. The number of aliphatic hydroxyl groups excluding tert-OH is 1. The molecule has 1 unspecified atom stereocenters. The molecule has 0 saturated carbocycles. The molecule has 32 heavy (non-hydrogen) atoms. The number of carbonyl (C=O) groups is 2. The predicted octanol–water partition coefficient (Wildman–Crippen LogP) is 4.13. The number of rotatable bonds is 8. The maximum Gasteiger partial charge on any atom is 0.343 e. The molecule has 0 aromatic heterocycles. The van der Waals surface area contributed by atoms with Gasteiger partial charge in [-0.3, -0.25) is 4.79 Å². The standard InChI is InChI=1S/C25H26N2O5/c1-4-31-25(30)23-17(3)26-21(24(23)29)14-18-10-12-20(13-11-18)32-15-22(28)27-16(2)19-8-6-5-7-9-19/h5-14,16,29H,4,15H2,1-3H3,(H,27,28). The summed E-state index contributed by atoms with van der Waals surface area (Å²) in [7, 11) is 0. The number of esters is 1. The van der Waals surface area contributed by atoms with Crippen LogP contribution in [0.5, 0.6) is 5.75 Å². The molecule has 3 rings (SSSR count). The molecule has 2 N–H and O–H groups in total. The summed E-state index contributed by atoms with van der Waals surface area (Å²) >= 11 is 0. The monoisotopic (exact) mass is 434 g/mol. The van der Waals surface area contributed by atoms with Crippen LogP contribution in [0.4, 0.5) is 0 Å². The van der Waals surface area contributed by atoms with Gasteiger partial charge in [-0.2, -0.15) is 0 Å². The zero-order valence-corrected chi connectivity index (χ0v) is 18.3. The molecule has 0 bridgehead atoms. The van der Waals surface area contributed by atoms with Crippen molar-refractivity contribution in [2.45, 2.75) is 26.8 Å². The van der Waals surface area contributed by atoms with Crippen molar-refractivity contribution >= 4 is 23.7 Å². The SMILES string of the molecule is CCOC(=O)C1=C(O)C(=Cc2ccc(OCC(=O)NC(C)c3ccccc3)cc2)N=C1C. The van der Waals surface area contributed by atoms with Crippen molar-refractivity contribution in [1.29, 1.82) is 0 Å². The van der Waals surface area contributed by atoms with E-state index in [0.717, 1.165) is 11.1 Å². The van der Waals surface area contributed by atoms with Gasteiger partial charge in [-0.1, -0.05) is 42.5 Å². The average molecular weight is 434 g/mol. The summed E-state index contributed by atoms with van der Waals surface area (Å²) in [6.45, 7) is 5.37. The third-order valence-corrected chi connectivity index (χ3v) is 4.84. The Morgan fingerprint density at radius 2 is 1.81 bits per heavy atom. The number of aliphatic imine (C=N–C) groups is 1. The number of nitrogens with one attached hydrogen (secondary N) is 1. The molecule has 2 aromatic rings. The van der Waals surface area contributed by atoms with Crippen LogP contribution >= 0.6 is 0 Å². The number of hydrogen-bond acceptors (Lipinski definition) is 6. The van der Waals surface area contributed by atoms with Gasteiger partial charge in [0, 0.05) is 0 Å². The van der Waals surface area contributed by atoms with Gasteiger partial charge in [0.15, 0.2) is 12.4 Å². The third kappa shape index (κ3) is 5.63. The molecule has 166 valence electrons. The summed E-state index contributed by atoms with van der Waals surface area (Å²) in [6, 6.07) is 16.6. The molecule has 0 saturated heterocycles. The predicted molar refractivity (Wildman–Crippen MR) is 122 cm³/mol. The Morgan fingerprint density at radius 1 is 1.12 bits per heavy atom. The smallest absolute Gasteiger partial charge is 0.343 e. The number of nitrogens with zero attached hydrogens (tertiary/aromatic N) is 1. The number of ether oxygens (including phenoxy) is 2. The fourth-order valence-corrected chi connectivity index (χ4v) is 3.21. The molecule has 1 aliphatic rings. The third-order valence-electron chi connectivity index (χ3n) is 4.84. The number of carbonyl (C=O) groups excluding carboxylic acids is 2. The number of aliphatic hydroxyl groups is 1. The van der Waals surface area contributed by atoms with Crippen molar-refractivity contribution in [2.24, 2.45) is 4.99 Å². The van der Waals surface area contributed by atoms with Gasteiger partial charge in [-0.05, 0) is 50.1 Å². The van der Waals surface area contributed by atoms with Gasteiger partial charge in [0.05, 0.1) is 18.4 Å². The fraction of sp³-hybridized carbons (Fsp3) is 0.240. The molecule has 0 fully saturated rings. The highest BCUT2D eigenvalue weighted by molar-refractivity contribution is 6.22. The van der Waals surface area contributed by atoms with E-state index in [-0.39, 0.29) is 42.2 Å². The maximum absolute atomic E-state index is 12.2. The summed E-state index contributed by atoms with van der Waals surface area (Å²) in [5.74, 6) is -0.485. The van der Waals surface area contributed by atoms with Crippen LogP contribution in [0.1, 0.15) is 37.9 Å². The van der Waals surface area contributed by atoms with Crippen molar-refractivity contribution in [3.8, 4) is 5.75 Å². The van der Waals surface area contributed by atoms with E-state index in [9.17, 15) is 14.7 Å². The van der Waals surface area contributed by atoms with Gasteiger partial charge in [-0.25, -0.2) is 9.79 Å². The summed E-state index contributed by atoms with van der Waals surface area (Å²) in [6.07, 6.45) is 1.66. The number of amides is 1. The van der Waals surface area contributed by atoms with E-state index >= 15 is 0 Å². The van der Waals surface area contributed by atoms with Crippen LogP contribution in [-0.2, 0) is 14.3 Å². The van der Waals surface area contributed by atoms with Gasteiger partial charge in [0.1, 0.15) is 17.0 Å². The van der Waals surface area contributed by atoms with E-state index in [0.29, 0.717) is 11.5 Å². The minimum absolute atomic E-state index is 0.0776. The fourth-order valence-electron chi connectivity index (χ4n) is 3.21. The first kappa shape index (κ1) is 22.8. The zero-order chi connectivity index (χ0) is 23.1. The first-order valence-corrected chi connectivity index (χ1v) is 10.3. The van der Waals surface area contributed by atoms with E-state index < -0.39 is 5.97 Å². The van der Waals surface area contributed by atoms with Crippen LogP contribution < -0.4 is 10.1 Å². The molecule has 0 radical (unpaired) electrons. The average Bonchev–Trinajstić information content (AvgIpc) is 3.06. The highest BCUT2D eigenvalue weighted by Gasteiger charge is 2.27. The first-order valence-electron chi connectivity index (χ1n) is 10.3. The molecule has 2 aromatic carbocycles. The van der Waals surface area contributed by atoms with E-state index in [1.54, 1.807) is 44.2 Å². The molecule has 0 aliphatic carbocycles. The second-order valence-electron chi connectivity index (χ2n) is 7.23. The highest BCUT2D eigenvalue weighted by atomic mass is 16.5. The van der Waals surface area contributed by atoms with Gasteiger partial charge in [0.2, 0.25) is 0 Å². The topological polar surface area (TPSA) is 97.2 Å². The molecular weight excluding hydrogens is 408 g/mol. The van der Waals surface area contributed by atoms with Crippen molar-refractivity contribution in [1.82, 2.24) is 5.32 Å². The highest BCUT2D eigenvalue weighted by Crippen LogP contribution is 2.27. The molecule has 1 heterocycles. The van der Waals surface area contributed by atoms with Crippen LogP contribution in [0.3, 0.4) is 0 Å². The minimum Gasteiger partial charge on any atom is -0.505 e. The molecule has 1 aliphatic heterocycles. The Labute approximate surface area is 187 Å². The molecule has 7 nitrogen and oxygen atoms in total. The molecule has 1 amide bonds. The van der Waals surface area contributed by atoms with Crippen LogP contribution in [0.2, 0.25) is 0 Å². The Bertz CT molecular complexity index is 1070. The quantitative estimate of drug-likeness (QED) is 0.609. The second-order valence-corrected chi connectivity index (χ2v) is 7.23. The Morgan fingerprint density at radius 3 is 2.47 bits per heavy atom. The van der Waals surface area contributed by atoms with Gasteiger partial charge >= 0.3 is 5.97 Å². The van der Waals surface area contributed by atoms with Gasteiger partial charge in [-0.15, -0.1) is 0 Å². The van der Waals surface area contributed by atoms with E-state index in [2.05, 4.69) is 10.3 Å². The second kappa shape index (κ2) is 10.4. The van der Waals surface area contributed by atoms with Crippen LogP contribution in [0, 0.1) is 0 Å². The Balaban J connectivity index is 1.58. The van der Waals surface area contributed by atoms with E-state index in [1.807, 2.05) is 37.3 Å². The first-order chi connectivity index (χ1) is 15.4. The lowest BCUT2D eigenvalue weighted by atomic mass is 10.1. The number of hydrogen-bond donors (Lipinski definition) is 2. The van der Waals surface area contributed by atoms with Crippen molar-refractivity contribution in [2.75, 3.05) is 13.2 Å². The Hall–Kier alpha value is -3.87. The van der Waals surface area contributed by atoms with Crippen molar-refractivity contribution in [3.05, 3.63) is 82.8 Å². The van der Waals surface area contributed by atoms with Crippen molar-refractivity contribution in [3.63, 3.8) is 0 Å². The summed E-state index contributed by atoms with van der Waals surface area (Å²) < 4.78 is 10.5. The number of benzene rings is 2. The molecular formula is C25H26N2O5. The normalized spacial score (nSPS) is 15.3. The lowest BCUT2D eigenvalue weighted by Crippen LogP contribution is -2.31. The lowest BCUT2D eigenvalue weighted by molar-refractivity contribution is -0.138. The Kier molecular flexibility index (Phi) is 7.44. The zero-order valence-electron chi connectivity index (χ0n) is 18.3. The summed E-state index contributed by atoms with van der Waals surface area (Å²) in [5.41, 5.74) is 2.54. The van der Waals surface area contributed by atoms with Crippen LogP contribution in [0.25, 0.3) is 6.08 Å². The van der Waals surface area contributed by atoms with Gasteiger partial charge in [0.25, 0.3) is 5.91 Å². The van der Waals surface area contributed by atoms with E-state index in [4.69, 9.17) is 9.47 Å². The van der Waals surface area contributed by atoms with Crippen LogP contribution in [0.15, 0.2) is 76.6 Å². The minimum atomic E-state index is -0.599. The summed E-state index contributed by atoms with van der Waals surface area (Å²) in [4.78, 5) is 28.4. The van der Waals surface area contributed by atoms with E-state index in [1.165, 1.54) is 0 Å².